The van der Waals surface area contributed by atoms with E-state index >= 15 is 0 Å². The summed E-state index contributed by atoms with van der Waals surface area (Å²) in [4.78, 5) is 5.18. The van der Waals surface area contributed by atoms with Crippen molar-refractivity contribution >= 4 is 0 Å². The quantitative estimate of drug-likeness (QED) is 0.761. The molecule has 0 saturated carbocycles. The Hall–Kier alpha value is -0.120. The van der Waals surface area contributed by atoms with Crippen LogP contribution in [0.1, 0.15) is 26.7 Å². The number of nitrogens with two attached hydrogens (primary N) is 1. The molecule has 2 N–H and O–H groups in total. The van der Waals surface area contributed by atoms with E-state index in [1.54, 1.807) is 0 Å². The van der Waals surface area contributed by atoms with E-state index in [1.807, 2.05) is 0 Å². The van der Waals surface area contributed by atoms with Crippen LogP contribution in [0.5, 0.6) is 0 Å². The van der Waals surface area contributed by atoms with Crippen molar-refractivity contribution in [1.82, 2.24) is 9.80 Å². The van der Waals surface area contributed by atoms with E-state index in [1.165, 1.54) is 32.5 Å². The molecule has 94 valence electrons. The fourth-order valence-electron chi connectivity index (χ4n) is 3.24. The Kier molecular flexibility index (Phi) is 3.88. The van der Waals surface area contributed by atoms with E-state index in [0.29, 0.717) is 0 Å². The maximum Gasteiger partial charge on any atom is 0.0238 e. The van der Waals surface area contributed by atoms with Crippen LogP contribution in [0.15, 0.2) is 0 Å². The number of piperidine rings is 1. The summed E-state index contributed by atoms with van der Waals surface area (Å²) >= 11 is 0. The van der Waals surface area contributed by atoms with Crippen LogP contribution in [-0.2, 0) is 0 Å². The SMILES string of the molecule is CC1CCN(C2CC(C)N(C)C2)CC1CN. The van der Waals surface area contributed by atoms with Gasteiger partial charge in [-0.1, -0.05) is 6.92 Å². The normalized spacial score (nSPS) is 42.8. The zero-order chi connectivity index (χ0) is 11.7. The third kappa shape index (κ3) is 2.41. The molecule has 2 aliphatic rings. The summed E-state index contributed by atoms with van der Waals surface area (Å²) in [6.45, 7) is 9.31. The Bertz CT molecular complexity index is 221. The van der Waals surface area contributed by atoms with Crippen LogP contribution in [0.25, 0.3) is 0 Å². The van der Waals surface area contributed by atoms with Crippen LogP contribution in [0, 0.1) is 11.8 Å². The van der Waals surface area contributed by atoms with Crippen LogP contribution in [-0.4, -0.2) is 55.1 Å². The van der Waals surface area contributed by atoms with Gasteiger partial charge in [-0.3, -0.25) is 4.90 Å². The molecule has 0 aliphatic carbocycles. The molecule has 0 aromatic heterocycles. The van der Waals surface area contributed by atoms with Gasteiger partial charge in [0.2, 0.25) is 0 Å². The molecule has 2 rings (SSSR count). The van der Waals surface area contributed by atoms with Gasteiger partial charge < -0.3 is 10.6 Å². The summed E-state index contributed by atoms with van der Waals surface area (Å²) in [5, 5.41) is 0. The molecule has 16 heavy (non-hydrogen) atoms. The molecule has 0 spiro atoms. The summed E-state index contributed by atoms with van der Waals surface area (Å²) in [6.07, 6.45) is 2.67. The number of nitrogens with zero attached hydrogens (tertiary/aromatic N) is 2. The van der Waals surface area contributed by atoms with Crippen LogP contribution in [0.3, 0.4) is 0 Å². The maximum absolute atomic E-state index is 5.87. The average molecular weight is 225 g/mol. The fraction of sp³-hybridized carbons (Fsp3) is 1.00. The van der Waals surface area contributed by atoms with Crippen LogP contribution >= 0.6 is 0 Å². The zero-order valence-corrected chi connectivity index (χ0v) is 11.0. The van der Waals surface area contributed by atoms with Gasteiger partial charge in [0, 0.05) is 25.2 Å². The number of rotatable bonds is 2. The molecule has 0 bridgehead atoms. The summed E-state index contributed by atoms with van der Waals surface area (Å²) in [5.74, 6) is 1.53. The van der Waals surface area contributed by atoms with Crippen molar-refractivity contribution < 1.29 is 0 Å². The zero-order valence-electron chi connectivity index (χ0n) is 11.0. The molecule has 4 atom stereocenters. The summed E-state index contributed by atoms with van der Waals surface area (Å²) < 4.78 is 0. The van der Waals surface area contributed by atoms with E-state index in [4.69, 9.17) is 5.73 Å². The first kappa shape index (κ1) is 12.3. The molecule has 0 amide bonds. The highest BCUT2D eigenvalue weighted by Gasteiger charge is 2.34. The van der Waals surface area contributed by atoms with E-state index in [-0.39, 0.29) is 0 Å². The van der Waals surface area contributed by atoms with Crippen LogP contribution in [0.4, 0.5) is 0 Å². The van der Waals surface area contributed by atoms with E-state index in [0.717, 1.165) is 30.5 Å². The van der Waals surface area contributed by atoms with Crippen molar-refractivity contribution in [3.05, 3.63) is 0 Å². The standard InChI is InChI=1S/C13H27N3/c1-10-4-5-16(8-12(10)7-14)13-6-11(2)15(3)9-13/h10-13H,4-9,14H2,1-3H3. The largest absolute Gasteiger partial charge is 0.330 e. The van der Waals surface area contributed by atoms with Crippen molar-refractivity contribution in [3.63, 3.8) is 0 Å². The Labute approximate surface area is 100.0 Å². The number of hydrogen-bond acceptors (Lipinski definition) is 3. The van der Waals surface area contributed by atoms with Gasteiger partial charge in [-0.2, -0.15) is 0 Å². The molecule has 0 aromatic rings. The van der Waals surface area contributed by atoms with Crippen molar-refractivity contribution in [2.75, 3.05) is 33.2 Å². The minimum absolute atomic E-state index is 0.718. The lowest BCUT2D eigenvalue weighted by Crippen LogP contribution is -2.48. The second kappa shape index (κ2) is 5.03. The third-order valence-electron chi connectivity index (χ3n) is 4.83. The predicted molar refractivity (Wildman–Crippen MR) is 68.4 cm³/mol. The fourth-order valence-corrected chi connectivity index (χ4v) is 3.24. The lowest BCUT2D eigenvalue weighted by molar-refractivity contribution is 0.0942. The molecule has 3 heteroatoms. The van der Waals surface area contributed by atoms with Gasteiger partial charge in [0.05, 0.1) is 0 Å². The Balaban J connectivity index is 1.91. The third-order valence-corrected chi connectivity index (χ3v) is 4.83. The van der Waals surface area contributed by atoms with Crippen molar-refractivity contribution in [1.29, 1.82) is 0 Å². The van der Waals surface area contributed by atoms with Crippen LogP contribution < -0.4 is 5.73 Å². The molecule has 0 aromatic carbocycles. The molecule has 2 saturated heterocycles. The van der Waals surface area contributed by atoms with Gasteiger partial charge in [-0.25, -0.2) is 0 Å². The minimum Gasteiger partial charge on any atom is -0.330 e. The van der Waals surface area contributed by atoms with E-state index in [2.05, 4.69) is 30.7 Å². The highest BCUT2D eigenvalue weighted by atomic mass is 15.3. The molecular formula is C13H27N3. The second-order valence-corrected chi connectivity index (χ2v) is 5.93. The Morgan fingerprint density at radius 1 is 1.25 bits per heavy atom. The first-order valence-corrected chi connectivity index (χ1v) is 6.76. The van der Waals surface area contributed by atoms with Crippen LogP contribution in [0.2, 0.25) is 0 Å². The van der Waals surface area contributed by atoms with Gasteiger partial charge >= 0.3 is 0 Å². The molecule has 2 aliphatic heterocycles. The van der Waals surface area contributed by atoms with Crippen molar-refractivity contribution in [3.8, 4) is 0 Å². The molecular weight excluding hydrogens is 198 g/mol. The Morgan fingerprint density at radius 2 is 2.00 bits per heavy atom. The van der Waals surface area contributed by atoms with Crippen molar-refractivity contribution in [2.45, 2.75) is 38.8 Å². The second-order valence-electron chi connectivity index (χ2n) is 5.93. The van der Waals surface area contributed by atoms with Crippen molar-refractivity contribution in [2.24, 2.45) is 17.6 Å². The molecule has 0 radical (unpaired) electrons. The minimum atomic E-state index is 0.718. The van der Waals surface area contributed by atoms with Gasteiger partial charge in [-0.15, -0.1) is 0 Å². The smallest absolute Gasteiger partial charge is 0.0238 e. The number of likely N-dealkylation sites (N-methyl/N-ethyl adjacent to an activating group) is 1. The first-order valence-electron chi connectivity index (χ1n) is 6.76. The molecule has 2 heterocycles. The predicted octanol–water partition coefficient (Wildman–Crippen LogP) is 0.996. The number of likely N-dealkylation sites (tertiary alicyclic amines) is 2. The lowest BCUT2D eigenvalue weighted by atomic mass is 9.86. The average Bonchev–Trinajstić information content (AvgIpc) is 2.60. The maximum atomic E-state index is 5.87. The summed E-state index contributed by atoms with van der Waals surface area (Å²) in [7, 11) is 2.25. The summed E-state index contributed by atoms with van der Waals surface area (Å²) in [5.41, 5.74) is 5.87. The first-order chi connectivity index (χ1) is 7.61. The molecule has 3 nitrogen and oxygen atoms in total. The van der Waals surface area contributed by atoms with Gasteiger partial charge in [0.25, 0.3) is 0 Å². The van der Waals surface area contributed by atoms with Gasteiger partial charge in [-0.05, 0) is 51.7 Å². The highest BCUT2D eigenvalue weighted by Crippen LogP contribution is 2.28. The lowest BCUT2D eigenvalue weighted by Gasteiger charge is -2.39. The van der Waals surface area contributed by atoms with E-state index < -0.39 is 0 Å². The summed E-state index contributed by atoms with van der Waals surface area (Å²) in [6, 6.07) is 1.53. The topological polar surface area (TPSA) is 32.5 Å². The molecule has 2 fully saturated rings. The van der Waals surface area contributed by atoms with E-state index in [9.17, 15) is 0 Å². The van der Waals surface area contributed by atoms with Gasteiger partial charge in [0.1, 0.15) is 0 Å². The highest BCUT2D eigenvalue weighted by molar-refractivity contribution is 4.90. The number of hydrogen-bond donors (Lipinski definition) is 1. The monoisotopic (exact) mass is 225 g/mol. The molecule has 4 unspecified atom stereocenters. The Morgan fingerprint density at radius 3 is 2.56 bits per heavy atom. The van der Waals surface area contributed by atoms with Gasteiger partial charge in [0.15, 0.2) is 0 Å².